The van der Waals surface area contributed by atoms with Crippen LogP contribution in [0, 0.1) is 0 Å². The van der Waals surface area contributed by atoms with Gasteiger partial charge in [0, 0.05) is 5.39 Å². The Kier molecular flexibility index (Phi) is 2.61. The molecule has 1 aromatic carbocycles. The average molecular weight is 304 g/mol. The molecule has 0 saturated carbocycles. The van der Waals surface area contributed by atoms with E-state index >= 15 is 0 Å². The summed E-state index contributed by atoms with van der Waals surface area (Å²) in [6.07, 6.45) is 0. The van der Waals surface area contributed by atoms with E-state index in [9.17, 15) is 13.5 Å². The lowest BCUT2D eigenvalue weighted by Gasteiger charge is -2.04. The van der Waals surface area contributed by atoms with Crippen LogP contribution in [-0.2, 0) is 10.1 Å². The third kappa shape index (κ3) is 1.89. The van der Waals surface area contributed by atoms with Crippen LogP contribution in [0.2, 0.25) is 0 Å². The van der Waals surface area contributed by atoms with Gasteiger partial charge in [0.1, 0.15) is 11.3 Å². The van der Waals surface area contributed by atoms with E-state index < -0.39 is 15.1 Å². The van der Waals surface area contributed by atoms with Crippen LogP contribution in [0.4, 0.5) is 0 Å². The van der Waals surface area contributed by atoms with Gasteiger partial charge in [0.05, 0.1) is 4.47 Å². The smallest absolute Gasteiger partial charge is 0.313 e. The van der Waals surface area contributed by atoms with Gasteiger partial charge in [-0.3, -0.25) is 4.55 Å². The van der Waals surface area contributed by atoms with E-state index in [2.05, 4.69) is 20.9 Å². The zero-order valence-corrected chi connectivity index (χ0v) is 10.2. The number of hydrogen-bond donors (Lipinski definition) is 2. The molecule has 0 spiro atoms. The Morgan fingerprint density at radius 2 is 2.00 bits per heavy atom. The zero-order valence-electron chi connectivity index (χ0n) is 7.75. The summed E-state index contributed by atoms with van der Waals surface area (Å²) in [5.74, 6) is -0.144. The molecule has 0 saturated heterocycles. The Labute approximate surface area is 99.6 Å². The highest BCUT2D eigenvalue weighted by Crippen LogP contribution is 2.29. The van der Waals surface area contributed by atoms with Crippen LogP contribution in [0.3, 0.4) is 0 Å². The monoisotopic (exact) mass is 303 g/mol. The van der Waals surface area contributed by atoms with Gasteiger partial charge in [-0.15, -0.1) is 0 Å². The molecule has 84 valence electrons. The third-order valence-corrected chi connectivity index (χ3v) is 3.66. The number of phenolic OH excluding ortho intramolecular Hbond substituents is 1. The standard InChI is InChI=1S/C9H6BrNO4S/c10-6-4-5-2-1-3-7(12)8(5)11-9(6)16(13,14)15/h1-4,12H,(H,13,14,15). The summed E-state index contributed by atoms with van der Waals surface area (Å²) in [6.45, 7) is 0. The summed E-state index contributed by atoms with van der Waals surface area (Å²) in [6, 6.07) is 6.13. The van der Waals surface area contributed by atoms with Crippen LogP contribution < -0.4 is 0 Å². The Hall–Kier alpha value is -1.18. The molecular formula is C9H6BrNO4S. The molecule has 0 aliphatic rings. The first-order valence-electron chi connectivity index (χ1n) is 4.15. The number of hydrogen-bond acceptors (Lipinski definition) is 4. The number of rotatable bonds is 1. The SMILES string of the molecule is O=S(=O)(O)c1nc2c(O)cccc2cc1Br. The van der Waals surface area contributed by atoms with Crippen LogP contribution >= 0.6 is 15.9 Å². The summed E-state index contributed by atoms with van der Waals surface area (Å²) in [5.41, 5.74) is 0.123. The molecule has 2 aromatic rings. The highest BCUT2D eigenvalue weighted by atomic mass is 79.9. The fourth-order valence-corrected chi connectivity index (χ4v) is 2.78. The molecule has 16 heavy (non-hydrogen) atoms. The Morgan fingerprint density at radius 3 is 2.62 bits per heavy atom. The van der Waals surface area contributed by atoms with E-state index in [0.717, 1.165) is 0 Å². The van der Waals surface area contributed by atoms with Crippen molar-refractivity contribution in [1.29, 1.82) is 0 Å². The van der Waals surface area contributed by atoms with E-state index in [-0.39, 0.29) is 15.7 Å². The number of para-hydroxylation sites is 1. The van der Waals surface area contributed by atoms with Crippen molar-refractivity contribution < 1.29 is 18.1 Å². The summed E-state index contributed by atoms with van der Waals surface area (Å²) < 4.78 is 31.0. The lowest BCUT2D eigenvalue weighted by molar-refractivity contribution is 0.476. The number of nitrogens with zero attached hydrogens (tertiary/aromatic N) is 1. The molecule has 0 bridgehead atoms. The van der Waals surface area contributed by atoms with Crippen molar-refractivity contribution in [3.63, 3.8) is 0 Å². The van der Waals surface area contributed by atoms with Gasteiger partial charge in [0.25, 0.3) is 0 Å². The lowest BCUT2D eigenvalue weighted by Crippen LogP contribution is -2.02. The zero-order chi connectivity index (χ0) is 11.9. The van der Waals surface area contributed by atoms with Crippen molar-refractivity contribution in [2.75, 3.05) is 0 Å². The van der Waals surface area contributed by atoms with Crippen LogP contribution in [0.5, 0.6) is 5.75 Å². The van der Waals surface area contributed by atoms with Crippen molar-refractivity contribution >= 4 is 37.0 Å². The second-order valence-electron chi connectivity index (χ2n) is 3.10. The minimum Gasteiger partial charge on any atom is -0.506 e. The molecule has 2 rings (SSSR count). The summed E-state index contributed by atoms with van der Waals surface area (Å²) in [7, 11) is -4.41. The lowest BCUT2D eigenvalue weighted by atomic mass is 10.2. The van der Waals surface area contributed by atoms with Gasteiger partial charge in [-0.1, -0.05) is 12.1 Å². The van der Waals surface area contributed by atoms with Gasteiger partial charge in [0.2, 0.25) is 0 Å². The predicted molar refractivity (Wildman–Crippen MR) is 60.9 cm³/mol. The molecule has 1 aromatic heterocycles. The van der Waals surface area contributed by atoms with Crippen molar-refractivity contribution in [2.24, 2.45) is 0 Å². The average Bonchev–Trinajstić information content (AvgIpc) is 2.15. The quantitative estimate of drug-likeness (QED) is 0.786. The van der Waals surface area contributed by atoms with Crippen LogP contribution in [-0.4, -0.2) is 23.1 Å². The van der Waals surface area contributed by atoms with E-state index in [4.69, 9.17) is 4.55 Å². The molecular weight excluding hydrogens is 298 g/mol. The fourth-order valence-electron chi connectivity index (χ4n) is 1.32. The van der Waals surface area contributed by atoms with Gasteiger partial charge >= 0.3 is 10.1 Å². The molecule has 2 N–H and O–H groups in total. The largest absolute Gasteiger partial charge is 0.506 e. The second-order valence-corrected chi connectivity index (χ2v) is 5.29. The minimum atomic E-state index is -4.41. The molecule has 0 radical (unpaired) electrons. The van der Waals surface area contributed by atoms with Gasteiger partial charge in [-0.2, -0.15) is 8.42 Å². The second kappa shape index (κ2) is 3.69. The highest BCUT2D eigenvalue weighted by Gasteiger charge is 2.18. The normalized spacial score (nSPS) is 11.9. The van der Waals surface area contributed by atoms with E-state index in [1.807, 2.05) is 0 Å². The van der Waals surface area contributed by atoms with Crippen molar-refractivity contribution in [1.82, 2.24) is 4.98 Å². The molecule has 0 amide bonds. The van der Waals surface area contributed by atoms with Gasteiger partial charge < -0.3 is 5.11 Å². The van der Waals surface area contributed by atoms with Crippen LogP contribution in [0.25, 0.3) is 10.9 Å². The highest BCUT2D eigenvalue weighted by molar-refractivity contribution is 9.10. The molecule has 7 heteroatoms. The topological polar surface area (TPSA) is 87.5 Å². The number of halogens is 1. The van der Waals surface area contributed by atoms with E-state index in [0.29, 0.717) is 5.39 Å². The molecule has 1 heterocycles. The molecule has 0 atom stereocenters. The fraction of sp³-hybridized carbons (Fsp3) is 0. The Bertz CT molecular complexity index is 669. The first kappa shape index (κ1) is 11.3. The minimum absolute atomic E-state index is 0.123. The van der Waals surface area contributed by atoms with Crippen LogP contribution in [0.1, 0.15) is 0 Å². The maximum Gasteiger partial charge on any atom is 0.313 e. The van der Waals surface area contributed by atoms with Crippen molar-refractivity contribution in [2.45, 2.75) is 5.03 Å². The number of aromatic hydroxyl groups is 1. The predicted octanol–water partition coefficient (Wildman–Crippen LogP) is 1.95. The summed E-state index contributed by atoms with van der Waals surface area (Å²) in [4.78, 5) is 3.71. The summed E-state index contributed by atoms with van der Waals surface area (Å²) in [5, 5.41) is 9.55. The van der Waals surface area contributed by atoms with Crippen LogP contribution in [0.15, 0.2) is 33.8 Å². The number of fused-ring (bicyclic) bond motifs is 1. The Morgan fingerprint density at radius 1 is 1.31 bits per heavy atom. The molecule has 0 unspecified atom stereocenters. The molecule has 5 nitrogen and oxygen atoms in total. The van der Waals surface area contributed by atoms with E-state index in [1.165, 1.54) is 12.1 Å². The van der Waals surface area contributed by atoms with Crippen molar-refractivity contribution in [3.05, 3.63) is 28.7 Å². The molecule has 0 aliphatic carbocycles. The molecule has 0 fully saturated rings. The maximum absolute atomic E-state index is 11.0. The third-order valence-electron chi connectivity index (χ3n) is 1.99. The number of phenols is 1. The number of aromatic nitrogens is 1. The Balaban J connectivity index is 2.90. The van der Waals surface area contributed by atoms with Crippen molar-refractivity contribution in [3.8, 4) is 5.75 Å². The molecule has 0 aliphatic heterocycles. The first-order valence-corrected chi connectivity index (χ1v) is 6.38. The van der Waals surface area contributed by atoms with Gasteiger partial charge in [-0.05, 0) is 28.1 Å². The van der Waals surface area contributed by atoms with E-state index in [1.54, 1.807) is 12.1 Å². The first-order chi connectivity index (χ1) is 7.39. The van der Waals surface area contributed by atoms with Gasteiger partial charge in [-0.25, -0.2) is 4.98 Å². The summed E-state index contributed by atoms with van der Waals surface area (Å²) >= 11 is 2.99. The number of benzene rings is 1. The maximum atomic E-state index is 11.0. The number of pyridine rings is 1. The van der Waals surface area contributed by atoms with Gasteiger partial charge in [0.15, 0.2) is 5.03 Å².